The monoisotopic (exact) mass is 522 g/mol. The van der Waals surface area contributed by atoms with E-state index < -0.39 is 11.8 Å². The second-order valence-electron chi connectivity index (χ2n) is 6.89. The zero-order chi connectivity index (χ0) is 23.0. The van der Waals surface area contributed by atoms with Crippen molar-refractivity contribution in [2.75, 3.05) is 10.2 Å². The first-order valence-corrected chi connectivity index (χ1v) is 11.6. The van der Waals surface area contributed by atoms with E-state index in [0.29, 0.717) is 37.0 Å². The lowest BCUT2D eigenvalue weighted by atomic mass is 10.2. The number of amides is 2. The van der Waals surface area contributed by atoms with Crippen LogP contribution in [0.1, 0.15) is 5.56 Å². The van der Waals surface area contributed by atoms with Gasteiger partial charge in [-0.25, -0.2) is 4.90 Å². The lowest BCUT2D eigenvalue weighted by Crippen LogP contribution is -2.32. The smallest absolute Gasteiger partial charge is 0.283 e. The van der Waals surface area contributed by atoms with Gasteiger partial charge in [0.05, 0.1) is 15.7 Å². The number of rotatable bonds is 5. The summed E-state index contributed by atoms with van der Waals surface area (Å²) >= 11 is 25.3. The van der Waals surface area contributed by atoms with E-state index in [1.807, 2.05) is 0 Å². The van der Waals surface area contributed by atoms with Crippen LogP contribution in [0.25, 0.3) is 0 Å². The third kappa shape index (κ3) is 4.63. The predicted octanol–water partition coefficient (Wildman–Crippen LogP) is 7.60. The Kier molecular flexibility index (Phi) is 6.75. The molecule has 32 heavy (non-hydrogen) atoms. The van der Waals surface area contributed by atoms with Crippen molar-refractivity contribution < 1.29 is 9.59 Å². The van der Waals surface area contributed by atoms with Gasteiger partial charge in [0, 0.05) is 20.6 Å². The van der Waals surface area contributed by atoms with Crippen molar-refractivity contribution in [3.8, 4) is 0 Å². The number of anilines is 2. The van der Waals surface area contributed by atoms with Crippen LogP contribution in [-0.4, -0.2) is 11.8 Å². The maximum absolute atomic E-state index is 13.4. The molecule has 0 fully saturated rings. The minimum Gasteiger partial charge on any atom is -0.350 e. The Labute approximate surface area is 209 Å². The number of benzene rings is 3. The molecule has 0 atom stereocenters. The number of thioether (sulfide) groups is 1. The summed E-state index contributed by atoms with van der Waals surface area (Å²) in [5, 5.41) is 4.85. The lowest BCUT2D eigenvalue weighted by Gasteiger charge is -2.18. The molecule has 4 nitrogen and oxygen atoms in total. The van der Waals surface area contributed by atoms with Crippen molar-refractivity contribution in [2.24, 2.45) is 0 Å². The molecule has 3 aromatic rings. The number of carbonyl (C=O) groups is 2. The van der Waals surface area contributed by atoms with Gasteiger partial charge in [0.1, 0.15) is 10.6 Å². The van der Waals surface area contributed by atoms with Gasteiger partial charge in [-0.3, -0.25) is 9.59 Å². The van der Waals surface area contributed by atoms with Crippen molar-refractivity contribution >= 4 is 81.4 Å². The summed E-state index contributed by atoms with van der Waals surface area (Å²) in [6, 6.07) is 16.9. The molecule has 1 aliphatic heterocycles. The van der Waals surface area contributed by atoms with E-state index in [1.165, 1.54) is 11.8 Å². The molecule has 0 radical (unpaired) electrons. The number of carbonyl (C=O) groups excluding carboxylic acids is 2. The van der Waals surface area contributed by atoms with Crippen LogP contribution in [-0.2, 0) is 9.59 Å². The number of nitrogens with one attached hydrogen (secondary N) is 1. The van der Waals surface area contributed by atoms with Gasteiger partial charge >= 0.3 is 0 Å². The molecular formula is C23H14Cl4N2O2S. The van der Waals surface area contributed by atoms with Crippen LogP contribution in [0.5, 0.6) is 0 Å². The third-order valence-electron chi connectivity index (χ3n) is 4.66. The van der Waals surface area contributed by atoms with Crippen molar-refractivity contribution in [3.05, 3.63) is 96.9 Å². The molecule has 2 amide bonds. The van der Waals surface area contributed by atoms with E-state index in [-0.39, 0.29) is 10.6 Å². The minimum atomic E-state index is -0.483. The van der Waals surface area contributed by atoms with Gasteiger partial charge in [-0.2, -0.15) is 0 Å². The molecule has 0 aromatic heterocycles. The fraction of sp³-hybridized carbons (Fsp3) is 0.0435. The highest BCUT2D eigenvalue weighted by molar-refractivity contribution is 8.04. The maximum atomic E-state index is 13.4. The summed E-state index contributed by atoms with van der Waals surface area (Å²) in [5.41, 5.74) is 1.83. The first-order chi connectivity index (χ1) is 15.2. The Morgan fingerprint density at radius 1 is 0.781 bits per heavy atom. The number of halogens is 4. The molecule has 0 spiro atoms. The fourth-order valence-electron chi connectivity index (χ4n) is 3.14. The summed E-state index contributed by atoms with van der Waals surface area (Å²) in [6.45, 7) is 1.79. The van der Waals surface area contributed by atoms with E-state index in [9.17, 15) is 9.59 Å². The highest BCUT2D eigenvalue weighted by atomic mass is 35.5. The Bertz CT molecular complexity index is 1280. The third-order valence-corrected chi connectivity index (χ3v) is 6.98. The molecular weight excluding hydrogens is 510 g/mol. The van der Waals surface area contributed by atoms with Gasteiger partial charge in [-0.1, -0.05) is 58.2 Å². The van der Waals surface area contributed by atoms with Crippen LogP contribution in [0.4, 0.5) is 11.4 Å². The molecule has 0 saturated carbocycles. The topological polar surface area (TPSA) is 49.4 Å². The Morgan fingerprint density at radius 2 is 1.47 bits per heavy atom. The number of imide groups is 1. The Balaban J connectivity index is 1.77. The second-order valence-corrected chi connectivity index (χ2v) is 9.66. The Morgan fingerprint density at radius 3 is 2.12 bits per heavy atom. The van der Waals surface area contributed by atoms with E-state index in [0.717, 1.165) is 9.80 Å². The molecule has 0 aliphatic carbocycles. The van der Waals surface area contributed by atoms with E-state index in [2.05, 4.69) is 5.32 Å². The molecule has 9 heteroatoms. The standard InChI is InChI=1S/C23H14Cl4N2O2S/c1-12-10-14(25)4-9-19(12)29-22(30)20(28-15-5-8-17(26)18(27)11-15)21(23(29)31)32-16-6-2-13(24)3-7-16/h2-11,28H,1H3. The quantitative estimate of drug-likeness (QED) is 0.350. The first-order valence-electron chi connectivity index (χ1n) is 9.29. The highest BCUT2D eigenvalue weighted by Gasteiger charge is 2.40. The summed E-state index contributed by atoms with van der Waals surface area (Å²) in [5.74, 6) is -0.925. The molecule has 0 unspecified atom stereocenters. The number of hydrogen-bond acceptors (Lipinski definition) is 4. The van der Waals surface area contributed by atoms with Gasteiger partial charge in [-0.05, 0) is 73.2 Å². The number of aryl methyl sites for hydroxylation is 1. The summed E-state index contributed by atoms with van der Waals surface area (Å²) in [7, 11) is 0. The molecule has 3 aromatic carbocycles. The van der Waals surface area contributed by atoms with Crippen molar-refractivity contribution in [2.45, 2.75) is 11.8 Å². The van der Waals surface area contributed by atoms with Gasteiger partial charge in [0.15, 0.2) is 0 Å². The summed E-state index contributed by atoms with van der Waals surface area (Å²) in [6.07, 6.45) is 0. The van der Waals surface area contributed by atoms with Crippen LogP contribution < -0.4 is 10.2 Å². The van der Waals surface area contributed by atoms with Gasteiger partial charge in [0.2, 0.25) is 0 Å². The maximum Gasteiger partial charge on any atom is 0.283 e. The molecule has 1 N–H and O–H groups in total. The number of hydrogen-bond donors (Lipinski definition) is 1. The van der Waals surface area contributed by atoms with Crippen molar-refractivity contribution in [1.82, 2.24) is 0 Å². The van der Waals surface area contributed by atoms with E-state index >= 15 is 0 Å². The molecule has 1 aliphatic rings. The lowest BCUT2D eigenvalue weighted by molar-refractivity contribution is -0.120. The van der Waals surface area contributed by atoms with Crippen LogP contribution in [0.3, 0.4) is 0 Å². The first kappa shape index (κ1) is 23.0. The van der Waals surface area contributed by atoms with Crippen LogP contribution in [0.15, 0.2) is 76.2 Å². The molecule has 0 saturated heterocycles. The second kappa shape index (κ2) is 9.38. The molecule has 162 valence electrons. The summed E-state index contributed by atoms with van der Waals surface area (Å²) in [4.78, 5) is 29.0. The molecule has 4 rings (SSSR count). The predicted molar refractivity (Wildman–Crippen MR) is 133 cm³/mol. The average Bonchev–Trinajstić information content (AvgIpc) is 2.97. The molecule has 0 bridgehead atoms. The largest absolute Gasteiger partial charge is 0.350 e. The van der Waals surface area contributed by atoms with Crippen molar-refractivity contribution in [1.29, 1.82) is 0 Å². The van der Waals surface area contributed by atoms with Gasteiger partial charge in [-0.15, -0.1) is 0 Å². The van der Waals surface area contributed by atoms with E-state index in [1.54, 1.807) is 67.6 Å². The Hall–Kier alpha value is -2.15. The van der Waals surface area contributed by atoms with Crippen molar-refractivity contribution in [3.63, 3.8) is 0 Å². The van der Waals surface area contributed by atoms with Crippen LogP contribution >= 0.6 is 58.2 Å². The zero-order valence-corrected chi connectivity index (χ0v) is 20.3. The number of nitrogens with zero attached hydrogens (tertiary/aromatic N) is 1. The fourth-order valence-corrected chi connectivity index (χ4v) is 4.72. The zero-order valence-electron chi connectivity index (χ0n) is 16.5. The average molecular weight is 524 g/mol. The highest BCUT2D eigenvalue weighted by Crippen LogP contribution is 2.39. The summed E-state index contributed by atoms with van der Waals surface area (Å²) < 4.78 is 0. The van der Waals surface area contributed by atoms with Crippen LogP contribution in [0.2, 0.25) is 20.1 Å². The molecule has 1 heterocycles. The van der Waals surface area contributed by atoms with Gasteiger partial charge in [0.25, 0.3) is 11.8 Å². The minimum absolute atomic E-state index is 0.141. The van der Waals surface area contributed by atoms with Gasteiger partial charge < -0.3 is 5.32 Å². The van der Waals surface area contributed by atoms with E-state index in [4.69, 9.17) is 46.4 Å². The van der Waals surface area contributed by atoms with Crippen LogP contribution in [0, 0.1) is 6.92 Å². The SMILES string of the molecule is Cc1cc(Cl)ccc1N1C(=O)C(Nc2ccc(Cl)c(Cl)c2)=C(Sc2ccc(Cl)cc2)C1=O. The normalized spacial score (nSPS) is 13.8.